The largest absolute Gasteiger partial charge is 0.379 e. The van der Waals surface area contributed by atoms with Crippen molar-refractivity contribution in [3.8, 4) is 0 Å². The van der Waals surface area contributed by atoms with Crippen LogP contribution in [0, 0.1) is 0 Å². The first-order valence-electron chi connectivity index (χ1n) is 8.41. The minimum atomic E-state index is 0.177. The lowest BCUT2D eigenvalue weighted by Gasteiger charge is -2.26. The fraction of sp³-hybridized carbons (Fsp3) is 0.611. The summed E-state index contributed by atoms with van der Waals surface area (Å²) in [5.74, 6) is 0. The van der Waals surface area contributed by atoms with Gasteiger partial charge in [-0.05, 0) is 48.3 Å². The van der Waals surface area contributed by atoms with Gasteiger partial charge in [-0.15, -0.1) is 0 Å². The first kappa shape index (κ1) is 18.2. The zero-order valence-corrected chi connectivity index (χ0v) is 15.3. The summed E-state index contributed by atoms with van der Waals surface area (Å²) in [4.78, 5) is 2.44. The lowest BCUT2D eigenvalue weighted by molar-refractivity contribution is 0.0376. The normalized spacial score (nSPS) is 16.1. The number of nitrogens with one attached hydrogen (secondary N) is 2. The third kappa shape index (κ3) is 6.45. The van der Waals surface area contributed by atoms with E-state index in [1.54, 1.807) is 0 Å². The minimum absolute atomic E-state index is 0.177. The maximum Gasteiger partial charge on any atom is 0.170 e. The van der Waals surface area contributed by atoms with Gasteiger partial charge in [0.05, 0.1) is 13.2 Å². The Morgan fingerprint density at radius 2 is 1.83 bits per heavy atom. The molecule has 23 heavy (non-hydrogen) atoms. The molecule has 1 aliphatic rings. The van der Waals surface area contributed by atoms with Crippen LogP contribution in [0.5, 0.6) is 0 Å². The van der Waals surface area contributed by atoms with Gasteiger partial charge in [0.15, 0.2) is 5.11 Å². The molecular weight excluding hydrogens is 306 g/mol. The van der Waals surface area contributed by atoms with Gasteiger partial charge in [0, 0.05) is 25.3 Å². The highest BCUT2D eigenvalue weighted by Crippen LogP contribution is 2.23. The third-order valence-electron chi connectivity index (χ3n) is 4.05. The topological polar surface area (TPSA) is 36.5 Å². The summed E-state index contributed by atoms with van der Waals surface area (Å²) in [6, 6.07) is 8.48. The van der Waals surface area contributed by atoms with Crippen molar-refractivity contribution in [2.24, 2.45) is 0 Å². The van der Waals surface area contributed by atoms with Gasteiger partial charge in [-0.1, -0.05) is 32.9 Å². The van der Waals surface area contributed by atoms with Crippen molar-refractivity contribution in [3.63, 3.8) is 0 Å². The predicted octanol–water partition coefficient (Wildman–Crippen LogP) is 2.99. The van der Waals surface area contributed by atoms with E-state index in [0.717, 1.165) is 51.5 Å². The van der Waals surface area contributed by atoms with Crippen LogP contribution in [0.1, 0.15) is 32.8 Å². The molecule has 4 nitrogen and oxygen atoms in total. The van der Waals surface area contributed by atoms with Gasteiger partial charge in [-0.2, -0.15) is 0 Å². The highest BCUT2D eigenvalue weighted by molar-refractivity contribution is 7.80. The van der Waals surface area contributed by atoms with E-state index in [1.807, 2.05) is 0 Å². The highest BCUT2D eigenvalue weighted by atomic mass is 32.1. The molecule has 0 spiro atoms. The number of nitrogens with zero attached hydrogens (tertiary/aromatic N) is 1. The van der Waals surface area contributed by atoms with Gasteiger partial charge in [0.25, 0.3) is 0 Å². The number of hydrogen-bond acceptors (Lipinski definition) is 3. The quantitative estimate of drug-likeness (QED) is 0.639. The fourth-order valence-corrected chi connectivity index (χ4v) is 2.78. The van der Waals surface area contributed by atoms with E-state index >= 15 is 0 Å². The van der Waals surface area contributed by atoms with E-state index in [2.05, 4.69) is 60.6 Å². The molecule has 0 saturated carbocycles. The third-order valence-corrected chi connectivity index (χ3v) is 4.30. The van der Waals surface area contributed by atoms with Gasteiger partial charge >= 0.3 is 0 Å². The number of hydrogen-bond donors (Lipinski definition) is 2. The van der Waals surface area contributed by atoms with Crippen LogP contribution in [0.15, 0.2) is 24.3 Å². The summed E-state index contributed by atoms with van der Waals surface area (Å²) in [6.45, 7) is 12.5. The van der Waals surface area contributed by atoms with Crippen molar-refractivity contribution in [2.75, 3.05) is 44.7 Å². The molecule has 0 radical (unpaired) electrons. The molecule has 0 aliphatic carbocycles. The first-order valence-corrected chi connectivity index (χ1v) is 8.81. The van der Waals surface area contributed by atoms with Crippen molar-refractivity contribution < 1.29 is 4.74 Å². The van der Waals surface area contributed by atoms with E-state index in [4.69, 9.17) is 17.0 Å². The molecule has 0 bridgehead atoms. The number of thiocarbonyl (C=S) groups is 1. The van der Waals surface area contributed by atoms with Crippen LogP contribution in [0.3, 0.4) is 0 Å². The second-order valence-electron chi connectivity index (χ2n) is 7.02. The zero-order chi connectivity index (χ0) is 16.7. The first-order chi connectivity index (χ1) is 10.9. The molecule has 0 amide bonds. The molecule has 1 saturated heterocycles. The van der Waals surface area contributed by atoms with Crippen LogP contribution >= 0.6 is 12.2 Å². The molecule has 0 unspecified atom stereocenters. The molecule has 1 heterocycles. The van der Waals surface area contributed by atoms with Crippen LogP contribution in [0.25, 0.3) is 0 Å². The Balaban J connectivity index is 1.66. The Morgan fingerprint density at radius 1 is 1.17 bits per heavy atom. The smallest absolute Gasteiger partial charge is 0.170 e. The van der Waals surface area contributed by atoms with Crippen LogP contribution in [0.2, 0.25) is 0 Å². The lowest BCUT2D eigenvalue weighted by Crippen LogP contribution is -2.38. The maximum absolute atomic E-state index is 5.36. The van der Waals surface area contributed by atoms with E-state index < -0.39 is 0 Å². The summed E-state index contributed by atoms with van der Waals surface area (Å²) in [7, 11) is 0. The Bertz CT molecular complexity index is 490. The van der Waals surface area contributed by atoms with Gasteiger partial charge in [0.1, 0.15) is 0 Å². The summed E-state index contributed by atoms with van der Waals surface area (Å²) >= 11 is 5.36. The monoisotopic (exact) mass is 335 g/mol. The predicted molar refractivity (Wildman–Crippen MR) is 101 cm³/mol. The number of rotatable bonds is 5. The average Bonchev–Trinajstić information content (AvgIpc) is 2.52. The molecule has 5 heteroatoms. The van der Waals surface area contributed by atoms with Gasteiger partial charge < -0.3 is 15.4 Å². The summed E-state index contributed by atoms with van der Waals surface area (Å²) in [6.07, 6.45) is 1.09. The maximum atomic E-state index is 5.36. The second kappa shape index (κ2) is 8.62. The standard InChI is InChI=1S/C18H29N3OS/c1-18(2,3)15-5-7-16(8-6-15)20-17(23)19-9-4-10-21-11-13-22-14-12-21/h5-8H,4,9-14H2,1-3H3,(H2,19,20,23). The fourth-order valence-electron chi connectivity index (χ4n) is 2.56. The number of ether oxygens (including phenoxy) is 1. The second-order valence-corrected chi connectivity index (χ2v) is 7.42. The van der Waals surface area contributed by atoms with Gasteiger partial charge in [-0.25, -0.2) is 0 Å². The summed E-state index contributed by atoms with van der Waals surface area (Å²) < 4.78 is 5.35. The van der Waals surface area contributed by atoms with Crippen molar-refractivity contribution in [2.45, 2.75) is 32.6 Å². The lowest BCUT2D eigenvalue weighted by atomic mass is 9.87. The van der Waals surface area contributed by atoms with E-state index in [0.29, 0.717) is 5.11 Å². The minimum Gasteiger partial charge on any atom is -0.379 e. The molecule has 1 aromatic rings. The van der Waals surface area contributed by atoms with Crippen LogP contribution in [0.4, 0.5) is 5.69 Å². The number of anilines is 1. The van der Waals surface area contributed by atoms with Crippen molar-refractivity contribution in [1.82, 2.24) is 10.2 Å². The Kier molecular flexibility index (Phi) is 6.81. The summed E-state index contributed by atoms with van der Waals surface area (Å²) in [5, 5.41) is 7.21. The molecular formula is C18H29N3OS. The molecule has 0 aromatic heterocycles. The number of morpholine rings is 1. The van der Waals surface area contributed by atoms with Crippen molar-refractivity contribution in [3.05, 3.63) is 29.8 Å². The van der Waals surface area contributed by atoms with E-state index in [-0.39, 0.29) is 5.41 Å². The Morgan fingerprint density at radius 3 is 2.43 bits per heavy atom. The van der Waals surface area contributed by atoms with E-state index in [1.165, 1.54) is 5.56 Å². The Hall–Kier alpha value is -1.17. The van der Waals surface area contributed by atoms with Crippen LogP contribution < -0.4 is 10.6 Å². The SMILES string of the molecule is CC(C)(C)c1ccc(NC(=S)NCCCN2CCOCC2)cc1. The molecule has 1 fully saturated rings. The molecule has 1 aromatic carbocycles. The molecule has 2 rings (SSSR count). The van der Waals surface area contributed by atoms with Gasteiger partial charge in [0.2, 0.25) is 0 Å². The number of benzene rings is 1. The average molecular weight is 336 g/mol. The highest BCUT2D eigenvalue weighted by Gasteiger charge is 2.13. The van der Waals surface area contributed by atoms with Crippen LogP contribution in [-0.4, -0.2) is 49.4 Å². The van der Waals surface area contributed by atoms with Crippen LogP contribution in [-0.2, 0) is 10.2 Å². The van der Waals surface area contributed by atoms with Gasteiger partial charge in [-0.3, -0.25) is 4.90 Å². The molecule has 2 N–H and O–H groups in total. The summed E-state index contributed by atoms with van der Waals surface area (Å²) in [5.41, 5.74) is 2.53. The molecule has 128 valence electrons. The van der Waals surface area contributed by atoms with Crippen molar-refractivity contribution >= 4 is 23.0 Å². The zero-order valence-electron chi connectivity index (χ0n) is 14.5. The van der Waals surface area contributed by atoms with E-state index in [9.17, 15) is 0 Å². The molecule has 1 aliphatic heterocycles. The Labute approximate surface area is 145 Å². The molecule has 0 atom stereocenters. The van der Waals surface area contributed by atoms with Crippen molar-refractivity contribution in [1.29, 1.82) is 0 Å².